The Morgan fingerprint density at radius 3 is 2.67 bits per heavy atom. The molecule has 3 aliphatic rings. The molecule has 3 unspecified atom stereocenters. The summed E-state index contributed by atoms with van der Waals surface area (Å²) in [5.41, 5.74) is 0.959. The summed E-state index contributed by atoms with van der Waals surface area (Å²) < 4.78 is 5.32. The Kier molecular flexibility index (Phi) is 3.72. The van der Waals surface area contributed by atoms with Crippen LogP contribution in [0.1, 0.15) is 57.8 Å². The maximum atomic E-state index is 12.5. The van der Waals surface area contributed by atoms with E-state index in [4.69, 9.17) is 4.74 Å². The minimum absolute atomic E-state index is 0.303. The third-order valence-electron chi connectivity index (χ3n) is 5.16. The van der Waals surface area contributed by atoms with Crippen LogP contribution in [0.15, 0.2) is 11.8 Å². The van der Waals surface area contributed by atoms with Crippen LogP contribution in [0.25, 0.3) is 0 Å². The quantitative estimate of drug-likeness (QED) is 0.742. The van der Waals surface area contributed by atoms with Crippen molar-refractivity contribution in [1.29, 1.82) is 0 Å². The first-order chi connectivity index (χ1) is 8.84. The van der Waals surface area contributed by atoms with Crippen molar-refractivity contribution in [2.45, 2.75) is 57.8 Å². The van der Waals surface area contributed by atoms with Crippen molar-refractivity contribution in [3.8, 4) is 0 Å². The van der Waals surface area contributed by atoms with Gasteiger partial charge in [-0.25, -0.2) is 0 Å². The highest BCUT2D eigenvalue weighted by Gasteiger charge is 2.35. The summed E-state index contributed by atoms with van der Waals surface area (Å²) in [5.74, 6) is 2.47. The number of hydrogen-bond donors (Lipinski definition) is 0. The molecule has 0 radical (unpaired) electrons. The van der Waals surface area contributed by atoms with Crippen molar-refractivity contribution < 1.29 is 9.53 Å². The molecule has 3 atom stereocenters. The standard InChI is InChI=1S/C16H24O2/c17-16(15-6-3-9-18-11-15)14-8-7-12-4-1-2-5-13(12)10-14/h11-14H,1-10H2. The van der Waals surface area contributed by atoms with Crippen molar-refractivity contribution in [2.75, 3.05) is 6.61 Å². The van der Waals surface area contributed by atoms with Gasteiger partial charge >= 0.3 is 0 Å². The molecule has 2 saturated carbocycles. The number of Topliss-reactive ketones (excluding diaryl/α,β-unsaturated/α-hetero) is 1. The average molecular weight is 248 g/mol. The first kappa shape index (κ1) is 12.3. The van der Waals surface area contributed by atoms with Gasteiger partial charge in [-0.15, -0.1) is 0 Å². The van der Waals surface area contributed by atoms with E-state index in [9.17, 15) is 4.79 Å². The zero-order valence-electron chi connectivity index (χ0n) is 11.2. The molecule has 2 nitrogen and oxygen atoms in total. The normalized spacial score (nSPS) is 36.2. The van der Waals surface area contributed by atoms with Crippen LogP contribution in [0.4, 0.5) is 0 Å². The summed E-state index contributed by atoms with van der Waals surface area (Å²) in [4.78, 5) is 12.5. The second-order valence-corrected chi connectivity index (χ2v) is 6.30. The number of hydrogen-bond acceptors (Lipinski definition) is 2. The lowest BCUT2D eigenvalue weighted by Gasteiger charge is -2.39. The molecule has 18 heavy (non-hydrogen) atoms. The Morgan fingerprint density at radius 2 is 1.89 bits per heavy atom. The molecule has 0 aromatic carbocycles. The second kappa shape index (κ2) is 5.46. The fourth-order valence-corrected chi connectivity index (χ4v) is 4.12. The van der Waals surface area contributed by atoms with E-state index in [1.54, 1.807) is 6.26 Å². The third-order valence-corrected chi connectivity index (χ3v) is 5.16. The van der Waals surface area contributed by atoms with Crippen molar-refractivity contribution >= 4 is 5.78 Å². The van der Waals surface area contributed by atoms with Gasteiger partial charge in [0.1, 0.15) is 0 Å². The van der Waals surface area contributed by atoms with Crippen LogP contribution in [-0.2, 0) is 9.53 Å². The molecule has 0 spiro atoms. The molecule has 1 aliphatic heterocycles. The van der Waals surface area contributed by atoms with Gasteiger partial charge in [0.2, 0.25) is 0 Å². The number of carbonyl (C=O) groups is 1. The Morgan fingerprint density at radius 1 is 1.06 bits per heavy atom. The van der Waals surface area contributed by atoms with Gasteiger partial charge in [-0.05, 0) is 43.9 Å². The number of fused-ring (bicyclic) bond motifs is 1. The van der Waals surface area contributed by atoms with E-state index in [0.29, 0.717) is 11.7 Å². The third kappa shape index (κ3) is 2.48. The number of rotatable bonds is 2. The molecule has 2 fully saturated rings. The van der Waals surface area contributed by atoms with Gasteiger partial charge < -0.3 is 4.74 Å². The van der Waals surface area contributed by atoms with Crippen LogP contribution in [0.2, 0.25) is 0 Å². The molecule has 100 valence electrons. The van der Waals surface area contributed by atoms with Crippen molar-refractivity contribution in [3.05, 3.63) is 11.8 Å². The zero-order chi connectivity index (χ0) is 12.4. The van der Waals surface area contributed by atoms with E-state index in [1.807, 2.05) is 0 Å². The minimum atomic E-state index is 0.303. The summed E-state index contributed by atoms with van der Waals surface area (Å²) in [6, 6.07) is 0. The number of allylic oxidation sites excluding steroid dienone is 1. The topological polar surface area (TPSA) is 26.3 Å². The highest BCUT2D eigenvalue weighted by Crippen LogP contribution is 2.43. The molecule has 2 aliphatic carbocycles. The number of ether oxygens (including phenoxy) is 1. The Balaban J connectivity index is 1.63. The molecule has 1 heterocycles. The molecular weight excluding hydrogens is 224 g/mol. The lowest BCUT2D eigenvalue weighted by Crippen LogP contribution is -2.32. The SMILES string of the molecule is O=C(C1=COCCC1)C1CCC2CCCCC2C1. The molecule has 0 aromatic heterocycles. The molecule has 0 N–H and O–H groups in total. The molecule has 0 amide bonds. The average Bonchev–Trinajstić information content (AvgIpc) is 2.47. The number of carbonyl (C=O) groups excluding carboxylic acids is 1. The van der Waals surface area contributed by atoms with Crippen LogP contribution < -0.4 is 0 Å². The summed E-state index contributed by atoms with van der Waals surface area (Å²) in [6.45, 7) is 0.784. The fourth-order valence-electron chi connectivity index (χ4n) is 4.12. The predicted molar refractivity (Wildman–Crippen MR) is 71.1 cm³/mol. The van der Waals surface area contributed by atoms with E-state index in [2.05, 4.69) is 0 Å². The van der Waals surface area contributed by atoms with Crippen LogP contribution in [0, 0.1) is 17.8 Å². The van der Waals surface area contributed by atoms with Crippen molar-refractivity contribution in [3.63, 3.8) is 0 Å². The van der Waals surface area contributed by atoms with Gasteiger partial charge in [-0.2, -0.15) is 0 Å². The maximum Gasteiger partial charge on any atom is 0.164 e. The van der Waals surface area contributed by atoms with Crippen LogP contribution in [0.3, 0.4) is 0 Å². The summed E-state index contributed by atoms with van der Waals surface area (Å²) in [7, 11) is 0. The second-order valence-electron chi connectivity index (χ2n) is 6.30. The first-order valence-corrected chi connectivity index (χ1v) is 7.69. The lowest BCUT2D eigenvalue weighted by molar-refractivity contribution is -0.121. The maximum absolute atomic E-state index is 12.5. The van der Waals surface area contributed by atoms with Gasteiger partial charge in [0.15, 0.2) is 5.78 Å². The minimum Gasteiger partial charge on any atom is -0.501 e. The van der Waals surface area contributed by atoms with Crippen LogP contribution >= 0.6 is 0 Å². The molecule has 0 saturated heterocycles. The van der Waals surface area contributed by atoms with Gasteiger partial charge in [0.25, 0.3) is 0 Å². The van der Waals surface area contributed by atoms with E-state index in [-0.39, 0.29) is 0 Å². The molecule has 3 rings (SSSR count). The van der Waals surface area contributed by atoms with Gasteiger partial charge in [0, 0.05) is 11.5 Å². The highest BCUT2D eigenvalue weighted by molar-refractivity contribution is 5.97. The Hall–Kier alpha value is -0.790. The van der Waals surface area contributed by atoms with Crippen LogP contribution in [0.5, 0.6) is 0 Å². The molecule has 0 aromatic rings. The summed E-state index contributed by atoms with van der Waals surface area (Å²) in [6.07, 6.45) is 12.8. The van der Waals surface area contributed by atoms with E-state index in [1.165, 1.54) is 32.1 Å². The van der Waals surface area contributed by atoms with E-state index in [0.717, 1.165) is 49.7 Å². The first-order valence-electron chi connectivity index (χ1n) is 7.69. The zero-order valence-corrected chi connectivity index (χ0v) is 11.2. The van der Waals surface area contributed by atoms with Crippen LogP contribution in [-0.4, -0.2) is 12.4 Å². The van der Waals surface area contributed by atoms with Gasteiger partial charge in [-0.3, -0.25) is 4.79 Å². The monoisotopic (exact) mass is 248 g/mol. The summed E-state index contributed by atoms with van der Waals surface area (Å²) in [5, 5.41) is 0. The largest absolute Gasteiger partial charge is 0.501 e. The van der Waals surface area contributed by atoms with E-state index >= 15 is 0 Å². The molecule has 2 heteroatoms. The smallest absolute Gasteiger partial charge is 0.164 e. The van der Waals surface area contributed by atoms with Gasteiger partial charge in [-0.1, -0.05) is 25.7 Å². The van der Waals surface area contributed by atoms with Crippen molar-refractivity contribution in [2.24, 2.45) is 17.8 Å². The highest BCUT2D eigenvalue weighted by atomic mass is 16.5. The fraction of sp³-hybridized carbons (Fsp3) is 0.812. The van der Waals surface area contributed by atoms with E-state index < -0.39 is 0 Å². The lowest BCUT2D eigenvalue weighted by atomic mass is 9.66. The molecular formula is C16H24O2. The molecule has 0 bridgehead atoms. The van der Waals surface area contributed by atoms with Gasteiger partial charge in [0.05, 0.1) is 12.9 Å². The predicted octanol–water partition coefficient (Wildman–Crippen LogP) is 3.86. The Bertz CT molecular complexity index is 345. The summed E-state index contributed by atoms with van der Waals surface area (Å²) >= 11 is 0. The Labute approximate surface area is 110 Å². The van der Waals surface area contributed by atoms with Crippen molar-refractivity contribution in [1.82, 2.24) is 0 Å². The number of ketones is 1.